The largest absolute Gasteiger partial charge is 0.312 e. The van der Waals surface area contributed by atoms with Crippen molar-refractivity contribution in [2.24, 2.45) is 5.92 Å². The molecule has 0 aromatic heterocycles. The summed E-state index contributed by atoms with van der Waals surface area (Å²) in [6.45, 7) is 10.9. The molecule has 1 unspecified atom stereocenters. The smallest absolute Gasteiger partial charge is 0.209 e. The molecular formula is C11H26N2O2S. The second-order valence-corrected chi connectivity index (χ2v) is 7.15. The Hall–Kier alpha value is -0.130. The van der Waals surface area contributed by atoms with Crippen molar-refractivity contribution >= 4 is 10.0 Å². The quantitative estimate of drug-likeness (QED) is 0.717. The van der Waals surface area contributed by atoms with E-state index in [1.54, 1.807) is 0 Å². The number of sulfonamides is 1. The van der Waals surface area contributed by atoms with Crippen molar-refractivity contribution in [1.82, 2.24) is 10.0 Å². The zero-order valence-corrected chi connectivity index (χ0v) is 12.1. The highest BCUT2D eigenvalue weighted by molar-refractivity contribution is 7.88. The van der Waals surface area contributed by atoms with Gasteiger partial charge in [0.25, 0.3) is 0 Å². The van der Waals surface area contributed by atoms with Crippen LogP contribution in [0, 0.1) is 5.92 Å². The molecule has 0 bridgehead atoms. The van der Waals surface area contributed by atoms with Gasteiger partial charge in [-0.05, 0) is 26.2 Å². The van der Waals surface area contributed by atoms with Crippen molar-refractivity contribution in [1.29, 1.82) is 0 Å². The van der Waals surface area contributed by atoms with Crippen molar-refractivity contribution in [3.63, 3.8) is 0 Å². The van der Waals surface area contributed by atoms with Gasteiger partial charge in [-0.2, -0.15) is 0 Å². The summed E-state index contributed by atoms with van der Waals surface area (Å²) >= 11 is 0. The van der Waals surface area contributed by atoms with E-state index in [-0.39, 0.29) is 0 Å². The van der Waals surface area contributed by atoms with Gasteiger partial charge in [0.15, 0.2) is 0 Å². The molecule has 0 radical (unpaired) electrons. The van der Waals surface area contributed by atoms with Gasteiger partial charge >= 0.3 is 0 Å². The molecule has 0 saturated carbocycles. The molecule has 0 heterocycles. The molecular weight excluding hydrogens is 224 g/mol. The second kappa shape index (κ2) is 5.98. The van der Waals surface area contributed by atoms with E-state index >= 15 is 0 Å². The lowest BCUT2D eigenvalue weighted by molar-refractivity contribution is 0.335. The monoisotopic (exact) mass is 250 g/mol. The summed E-state index contributed by atoms with van der Waals surface area (Å²) in [6.07, 6.45) is 2.24. The zero-order valence-electron chi connectivity index (χ0n) is 11.3. The van der Waals surface area contributed by atoms with Crippen LogP contribution in [0.15, 0.2) is 0 Å². The zero-order chi connectivity index (χ0) is 13.0. The first-order chi connectivity index (χ1) is 7.07. The van der Waals surface area contributed by atoms with Gasteiger partial charge in [-0.1, -0.05) is 20.8 Å². The molecule has 0 aromatic rings. The highest BCUT2D eigenvalue weighted by Crippen LogP contribution is 2.08. The van der Waals surface area contributed by atoms with Gasteiger partial charge in [0.2, 0.25) is 10.0 Å². The molecule has 0 saturated heterocycles. The molecule has 0 aliphatic carbocycles. The number of hydrogen-bond acceptors (Lipinski definition) is 3. The number of hydrogen-bond donors (Lipinski definition) is 2. The Morgan fingerprint density at radius 3 is 2.06 bits per heavy atom. The van der Waals surface area contributed by atoms with E-state index in [9.17, 15) is 8.42 Å². The SMILES string of the molecule is CCC(NCC(C)(C)NS(C)(=O)=O)C(C)C. The van der Waals surface area contributed by atoms with Crippen LogP contribution in [0.3, 0.4) is 0 Å². The summed E-state index contributed by atoms with van der Waals surface area (Å²) in [5, 5.41) is 3.40. The number of nitrogens with one attached hydrogen (secondary N) is 2. The van der Waals surface area contributed by atoms with Crippen LogP contribution in [0.2, 0.25) is 0 Å². The third-order valence-corrected chi connectivity index (χ3v) is 3.44. The maximum absolute atomic E-state index is 11.2. The van der Waals surface area contributed by atoms with Crippen molar-refractivity contribution in [2.45, 2.75) is 52.6 Å². The summed E-state index contributed by atoms with van der Waals surface area (Å²) in [7, 11) is -3.15. The average Bonchev–Trinajstić information content (AvgIpc) is 1.99. The van der Waals surface area contributed by atoms with Crippen LogP contribution in [-0.4, -0.2) is 32.8 Å². The van der Waals surface area contributed by atoms with E-state index in [0.29, 0.717) is 18.5 Å². The predicted octanol–water partition coefficient (Wildman–Crippen LogP) is 1.34. The van der Waals surface area contributed by atoms with Crippen LogP contribution in [0.1, 0.15) is 41.0 Å². The molecule has 0 aliphatic rings. The molecule has 0 aliphatic heterocycles. The molecule has 0 fully saturated rings. The van der Waals surface area contributed by atoms with Crippen LogP contribution >= 0.6 is 0 Å². The fourth-order valence-corrected chi connectivity index (χ4v) is 2.85. The molecule has 1 atom stereocenters. The van der Waals surface area contributed by atoms with Crippen molar-refractivity contribution in [3.8, 4) is 0 Å². The molecule has 0 aromatic carbocycles. The molecule has 5 heteroatoms. The summed E-state index contributed by atoms with van der Waals surface area (Å²) in [6, 6.07) is 0.431. The van der Waals surface area contributed by atoms with Gasteiger partial charge in [0.1, 0.15) is 0 Å². The maximum atomic E-state index is 11.2. The summed E-state index contributed by atoms with van der Waals surface area (Å²) in [5.41, 5.74) is -0.449. The van der Waals surface area contributed by atoms with Gasteiger partial charge in [0, 0.05) is 18.1 Å². The Morgan fingerprint density at radius 1 is 1.25 bits per heavy atom. The predicted molar refractivity (Wildman–Crippen MR) is 69.0 cm³/mol. The minimum Gasteiger partial charge on any atom is -0.312 e. The minimum absolute atomic E-state index is 0.431. The lowest BCUT2D eigenvalue weighted by Crippen LogP contribution is -2.52. The maximum Gasteiger partial charge on any atom is 0.209 e. The van der Waals surface area contributed by atoms with E-state index in [1.807, 2.05) is 13.8 Å². The molecule has 2 N–H and O–H groups in total. The Kier molecular flexibility index (Phi) is 5.93. The fraction of sp³-hybridized carbons (Fsp3) is 1.00. The Morgan fingerprint density at radius 2 is 1.75 bits per heavy atom. The standard InChI is InChI=1S/C11H26N2O2S/c1-7-10(9(2)3)12-8-11(4,5)13-16(6,14)15/h9-10,12-13H,7-8H2,1-6H3. The van der Waals surface area contributed by atoms with Crippen LogP contribution in [0.5, 0.6) is 0 Å². The molecule has 16 heavy (non-hydrogen) atoms. The lowest BCUT2D eigenvalue weighted by Gasteiger charge is -2.29. The minimum atomic E-state index is -3.15. The van der Waals surface area contributed by atoms with Crippen LogP contribution < -0.4 is 10.0 Å². The van der Waals surface area contributed by atoms with Gasteiger partial charge in [-0.25, -0.2) is 13.1 Å². The van der Waals surface area contributed by atoms with Gasteiger partial charge in [-0.15, -0.1) is 0 Å². The highest BCUT2D eigenvalue weighted by Gasteiger charge is 2.23. The van der Waals surface area contributed by atoms with E-state index in [2.05, 4.69) is 30.8 Å². The first-order valence-corrected chi connectivity index (χ1v) is 7.69. The topological polar surface area (TPSA) is 58.2 Å². The Bertz CT molecular complexity index is 297. The third-order valence-electron chi connectivity index (χ3n) is 2.51. The van der Waals surface area contributed by atoms with Crippen LogP contribution in [0.4, 0.5) is 0 Å². The van der Waals surface area contributed by atoms with Crippen LogP contribution in [0.25, 0.3) is 0 Å². The number of rotatable bonds is 7. The molecule has 0 amide bonds. The van der Waals surface area contributed by atoms with Gasteiger partial charge < -0.3 is 5.32 Å². The van der Waals surface area contributed by atoms with Gasteiger partial charge in [0.05, 0.1) is 6.26 Å². The first-order valence-electron chi connectivity index (χ1n) is 5.79. The van der Waals surface area contributed by atoms with E-state index < -0.39 is 15.6 Å². The van der Waals surface area contributed by atoms with Crippen molar-refractivity contribution in [3.05, 3.63) is 0 Å². The van der Waals surface area contributed by atoms with Crippen LogP contribution in [-0.2, 0) is 10.0 Å². The molecule has 4 nitrogen and oxygen atoms in total. The molecule has 0 spiro atoms. The second-order valence-electron chi connectivity index (χ2n) is 5.40. The summed E-state index contributed by atoms with van der Waals surface area (Å²) in [4.78, 5) is 0. The molecule has 0 rings (SSSR count). The molecule has 98 valence electrons. The third kappa shape index (κ3) is 7.19. The van der Waals surface area contributed by atoms with E-state index in [0.717, 1.165) is 6.42 Å². The normalized spacial score (nSPS) is 15.4. The highest BCUT2D eigenvalue weighted by atomic mass is 32.2. The van der Waals surface area contributed by atoms with Crippen molar-refractivity contribution < 1.29 is 8.42 Å². The van der Waals surface area contributed by atoms with Gasteiger partial charge in [-0.3, -0.25) is 0 Å². The average molecular weight is 250 g/mol. The Labute approximate surface area is 100 Å². The Balaban J connectivity index is 4.27. The summed E-state index contributed by atoms with van der Waals surface area (Å²) in [5.74, 6) is 0.555. The van der Waals surface area contributed by atoms with E-state index in [1.165, 1.54) is 6.26 Å². The fourth-order valence-electron chi connectivity index (χ4n) is 1.78. The first kappa shape index (κ1) is 15.9. The lowest BCUT2D eigenvalue weighted by atomic mass is 10.00. The summed E-state index contributed by atoms with van der Waals surface area (Å²) < 4.78 is 24.9. The van der Waals surface area contributed by atoms with E-state index in [4.69, 9.17) is 0 Å². The van der Waals surface area contributed by atoms with Crippen molar-refractivity contribution in [2.75, 3.05) is 12.8 Å².